The highest BCUT2D eigenvalue weighted by Crippen LogP contribution is 2.27. The van der Waals surface area contributed by atoms with Gasteiger partial charge < -0.3 is 10.3 Å². The lowest BCUT2D eigenvalue weighted by Gasteiger charge is -2.14. The van der Waals surface area contributed by atoms with E-state index >= 15 is 0 Å². The maximum atomic E-state index is 11.5. The highest BCUT2D eigenvalue weighted by molar-refractivity contribution is 6.04. The maximum absolute atomic E-state index is 11.5. The molecule has 0 bridgehead atoms. The lowest BCUT2D eigenvalue weighted by Crippen LogP contribution is -2.24. The second-order valence-electron chi connectivity index (χ2n) is 5.13. The molecule has 110 valence electrons. The van der Waals surface area contributed by atoms with Gasteiger partial charge in [-0.15, -0.1) is 0 Å². The van der Waals surface area contributed by atoms with E-state index in [0.717, 1.165) is 37.8 Å². The summed E-state index contributed by atoms with van der Waals surface area (Å²) in [6, 6.07) is 0. The predicted molar refractivity (Wildman–Crippen MR) is 79.2 cm³/mol. The summed E-state index contributed by atoms with van der Waals surface area (Å²) >= 11 is 0. The molecule has 0 aromatic carbocycles. The Morgan fingerprint density at radius 3 is 2.90 bits per heavy atom. The summed E-state index contributed by atoms with van der Waals surface area (Å²) in [5, 5.41) is 6.74. The number of oxime groups is 1. The van der Waals surface area contributed by atoms with E-state index in [-0.39, 0.29) is 0 Å². The molecule has 0 saturated heterocycles. The highest BCUT2D eigenvalue weighted by Gasteiger charge is 2.23. The van der Waals surface area contributed by atoms with Gasteiger partial charge in [-0.2, -0.15) is 0 Å². The number of hydrogen-bond donors (Lipinski definition) is 2. The standard InChI is InChI=1S/C15H23N3O2/c1-4-9-16-15(19)20-18-13-8-6-7-12-14(13)11(5-2)10(3)17-12/h17H,4-9H2,1-3H3,(H,16,19). The van der Waals surface area contributed by atoms with E-state index in [4.69, 9.17) is 4.84 Å². The molecule has 0 fully saturated rings. The van der Waals surface area contributed by atoms with Crippen molar-refractivity contribution in [3.8, 4) is 0 Å². The molecule has 0 saturated carbocycles. The SMILES string of the molecule is CCCNC(=O)ON=C1CCCc2[nH]c(C)c(CC)c21. The lowest BCUT2D eigenvalue weighted by molar-refractivity contribution is 0.150. The molecule has 0 atom stereocenters. The number of aromatic nitrogens is 1. The van der Waals surface area contributed by atoms with Crippen LogP contribution < -0.4 is 5.32 Å². The monoisotopic (exact) mass is 277 g/mol. The van der Waals surface area contributed by atoms with E-state index in [1.165, 1.54) is 22.5 Å². The van der Waals surface area contributed by atoms with Crippen LogP contribution in [0.15, 0.2) is 5.16 Å². The van der Waals surface area contributed by atoms with Crippen LogP contribution >= 0.6 is 0 Å². The summed E-state index contributed by atoms with van der Waals surface area (Å²) in [5.74, 6) is 0. The van der Waals surface area contributed by atoms with Crippen LogP contribution in [0.2, 0.25) is 0 Å². The van der Waals surface area contributed by atoms with Crippen molar-refractivity contribution >= 4 is 11.8 Å². The van der Waals surface area contributed by atoms with Crippen molar-refractivity contribution in [2.45, 2.75) is 52.9 Å². The van der Waals surface area contributed by atoms with Crippen molar-refractivity contribution in [2.75, 3.05) is 6.54 Å². The first kappa shape index (κ1) is 14.6. The number of aromatic amines is 1. The third-order valence-corrected chi connectivity index (χ3v) is 3.64. The minimum atomic E-state index is -0.475. The van der Waals surface area contributed by atoms with Crippen molar-refractivity contribution in [1.82, 2.24) is 10.3 Å². The second-order valence-corrected chi connectivity index (χ2v) is 5.13. The van der Waals surface area contributed by atoms with Gasteiger partial charge in [0, 0.05) is 23.5 Å². The number of H-pyrrole nitrogens is 1. The van der Waals surface area contributed by atoms with E-state index < -0.39 is 6.09 Å². The molecule has 5 nitrogen and oxygen atoms in total. The zero-order valence-electron chi connectivity index (χ0n) is 12.5. The van der Waals surface area contributed by atoms with Gasteiger partial charge in [-0.25, -0.2) is 4.79 Å². The summed E-state index contributed by atoms with van der Waals surface area (Å²) < 4.78 is 0. The summed E-state index contributed by atoms with van der Waals surface area (Å²) in [6.07, 6.45) is 4.30. The molecule has 1 aliphatic rings. The zero-order valence-corrected chi connectivity index (χ0v) is 12.5. The van der Waals surface area contributed by atoms with Gasteiger partial charge in [-0.1, -0.05) is 19.0 Å². The minimum absolute atomic E-state index is 0.475. The number of nitrogens with one attached hydrogen (secondary N) is 2. The Hall–Kier alpha value is -1.78. The van der Waals surface area contributed by atoms with Gasteiger partial charge in [0.1, 0.15) is 0 Å². The Balaban J connectivity index is 2.17. The van der Waals surface area contributed by atoms with Crippen LogP contribution in [0.3, 0.4) is 0 Å². The number of carbonyl (C=O) groups is 1. The summed E-state index contributed by atoms with van der Waals surface area (Å²) in [7, 11) is 0. The Bertz CT molecular complexity index is 517. The van der Waals surface area contributed by atoms with Crippen LogP contribution in [0.5, 0.6) is 0 Å². The van der Waals surface area contributed by atoms with Crippen molar-refractivity contribution in [1.29, 1.82) is 0 Å². The third-order valence-electron chi connectivity index (χ3n) is 3.64. The quantitative estimate of drug-likeness (QED) is 0.656. The number of amides is 1. The minimum Gasteiger partial charge on any atom is -0.362 e. The molecule has 2 rings (SSSR count). The van der Waals surface area contributed by atoms with Gasteiger partial charge in [-0.3, -0.25) is 4.84 Å². The highest BCUT2D eigenvalue weighted by atomic mass is 16.7. The molecule has 0 radical (unpaired) electrons. The Morgan fingerprint density at radius 1 is 1.40 bits per heavy atom. The zero-order chi connectivity index (χ0) is 14.5. The van der Waals surface area contributed by atoms with Crippen LogP contribution in [-0.4, -0.2) is 23.3 Å². The molecule has 20 heavy (non-hydrogen) atoms. The number of aryl methyl sites for hydroxylation is 2. The fourth-order valence-corrected chi connectivity index (χ4v) is 2.72. The molecule has 1 amide bonds. The van der Waals surface area contributed by atoms with E-state index in [1.54, 1.807) is 0 Å². The fraction of sp³-hybridized carbons (Fsp3) is 0.600. The van der Waals surface area contributed by atoms with Crippen LogP contribution in [-0.2, 0) is 17.7 Å². The van der Waals surface area contributed by atoms with Gasteiger partial charge in [0.05, 0.1) is 5.71 Å². The largest absolute Gasteiger partial charge is 0.433 e. The molecular formula is C15H23N3O2. The number of fused-ring (bicyclic) bond motifs is 1. The molecule has 1 aromatic heterocycles. The van der Waals surface area contributed by atoms with Crippen molar-refractivity contribution in [2.24, 2.45) is 5.16 Å². The van der Waals surface area contributed by atoms with E-state index in [9.17, 15) is 4.79 Å². The summed E-state index contributed by atoms with van der Waals surface area (Å²) in [4.78, 5) is 19.9. The van der Waals surface area contributed by atoms with Crippen molar-refractivity contribution in [3.05, 3.63) is 22.5 Å². The Kier molecular flexibility index (Phi) is 4.82. The predicted octanol–water partition coefficient (Wildman–Crippen LogP) is 3.06. The van der Waals surface area contributed by atoms with Crippen LogP contribution in [0.1, 0.15) is 55.6 Å². The summed E-state index contributed by atoms with van der Waals surface area (Å²) in [5.41, 5.74) is 5.76. The van der Waals surface area contributed by atoms with E-state index in [0.29, 0.717) is 6.54 Å². The van der Waals surface area contributed by atoms with Gasteiger partial charge in [-0.05, 0) is 44.6 Å². The number of rotatable bonds is 4. The first-order valence-corrected chi connectivity index (χ1v) is 7.39. The smallest absolute Gasteiger partial charge is 0.362 e. The molecule has 2 N–H and O–H groups in total. The molecule has 0 aliphatic heterocycles. The molecule has 1 heterocycles. The van der Waals surface area contributed by atoms with Crippen LogP contribution in [0.25, 0.3) is 0 Å². The number of nitrogens with zero attached hydrogens (tertiary/aromatic N) is 1. The van der Waals surface area contributed by atoms with Crippen LogP contribution in [0, 0.1) is 6.92 Å². The van der Waals surface area contributed by atoms with Gasteiger partial charge in [0.2, 0.25) is 0 Å². The average molecular weight is 277 g/mol. The topological polar surface area (TPSA) is 66.5 Å². The average Bonchev–Trinajstić information content (AvgIpc) is 2.78. The molecule has 0 unspecified atom stereocenters. The van der Waals surface area contributed by atoms with E-state index in [2.05, 4.69) is 29.3 Å². The normalized spacial score (nSPS) is 16.1. The number of hydrogen-bond acceptors (Lipinski definition) is 3. The molecule has 1 aliphatic carbocycles. The van der Waals surface area contributed by atoms with Gasteiger partial charge in [0.25, 0.3) is 0 Å². The number of carbonyl (C=O) groups excluding carboxylic acids is 1. The maximum Gasteiger partial charge on any atom is 0.433 e. The summed E-state index contributed by atoms with van der Waals surface area (Å²) in [6.45, 7) is 6.83. The van der Waals surface area contributed by atoms with Crippen molar-refractivity contribution in [3.63, 3.8) is 0 Å². The van der Waals surface area contributed by atoms with Gasteiger partial charge in [0.15, 0.2) is 0 Å². The lowest BCUT2D eigenvalue weighted by atomic mass is 9.92. The molecule has 1 aromatic rings. The molecular weight excluding hydrogens is 254 g/mol. The fourth-order valence-electron chi connectivity index (χ4n) is 2.72. The van der Waals surface area contributed by atoms with Crippen LogP contribution in [0.4, 0.5) is 4.79 Å². The third kappa shape index (κ3) is 3.03. The van der Waals surface area contributed by atoms with E-state index in [1.807, 2.05) is 6.92 Å². The Labute approximate surface area is 119 Å². The molecule has 0 spiro atoms. The first-order chi connectivity index (χ1) is 9.67. The van der Waals surface area contributed by atoms with Gasteiger partial charge >= 0.3 is 6.09 Å². The first-order valence-electron chi connectivity index (χ1n) is 7.39. The second kappa shape index (κ2) is 6.59. The molecule has 5 heteroatoms. The van der Waals surface area contributed by atoms with Crippen molar-refractivity contribution < 1.29 is 9.63 Å². The Morgan fingerprint density at radius 2 is 2.20 bits per heavy atom.